The van der Waals surface area contributed by atoms with Crippen molar-refractivity contribution >= 4 is 5.96 Å². The maximum atomic E-state index is 12.9. The minimum Gasteiger partial charge on any atom is -0.376 e. The van der Waals surface area contributed by atoms with Crippen LogP contribution in [-0.4, -0.2) is 46.5 Å². The summed E-state index contributed by atoms with van der Waals surface area (Å²) in [5, 5.41) is 14.4. The second-order valence-corrected chi connectivity index (χ2v) is 7.10. The van der Waals surface area contributed by atoms with Gasteiger partial charge in [-0.2, -0.15) is 13.2 Å². The molecule has 0 amide bonds. The number of benzene rings is 1. The van der Waals surface area contributed by atoms with E-state index in [0.29, 0.717) is 31.2 Å². The molecule has 1 aliphatic rings. The van der Waals surface area contributed by atoms with Gasteiger partial charge in [-0.1, -0.05) is 19.1 Å². The normalized spacial score (nSPS) is 17.3. The Labute approximate surface area is 173 Å². The number of aryl methyl sites for hydroxylation is 1. The molecule has 1 unspecified atom stereocenters. The van der Waals surface area contributed by atoms with Crippen LogP contribution in [0.15, 0.2) is 35.6 Å². The molecule has 10 heteroatoms. The van der Waals surface area contributed by atoms with Crippen molar-refractivity contribution in [3.63, 3.8) is 0 Å². The van der Waals surface area contributed by atoms with Crippen molar-refractivity contribution in [2.75, 3.05) is 19.7 Å². The highest BCUT2D eigenvalue weighted by Gasteiger charge is 2.30. The van der Waals surface area contributed by atoms with Crippen LogP contribution in [0.1, 0.15) is 36.7 Å². The van der Waals surface area contributed by atoms with Crippen LogP contribution >= 0.6 is 0 Å². The average Bonchev–Trinajstić information content (AvgIpc) is 3.41. The number of nitrogens with zero attached hydrogens (tertiary/aromatic N) is 4. The Kier molecular flexibility index (Phi) is 7.67. The topological polar surface area (TPSA) is 76.4 Å². The Bertz CT molecular complexity index is 830. The molecule has 164 valence electrons. The molecule has 30 heavy (non-hydrogen) atoms. The van der Waals surface area contributed by atoms with Gasteiger partial charge in [0.05, 0.1) is 18.2 Å². The molecule has 0 spiro atoms. The van der Waals surface area contributed by atoms with Gasteiger partial charge in [0.1, 0.15) is 12.2 Å². The van der Waals surface area contributed by atoms with Gasteiger partial charge in [0, 0.05) is 32.7 Å². The summed E-state index contributed by atoms with van der Waals surface area (Å²) in [6.07, 6.45) is 0.232. The molecular formula is C20H27F3N6O. The zero-order chi connectivity index (χ0) is 21.4. The number of guanidine groups is 1. The van der Waals surface area contributed by atoms with E-state index in [0.717, 1.165) is 43.8 Å². The molecule has 1 atom stereocenters. The van der Waals surface area contributed by atoms with E-state index in [-0.39, 0.29) is 12.6 Å². The summed E-state index contributed by atoms with van der Waals surface area (Å²) in [7, 11) is 0. The number of hydrogen-bond donors (Lipinski definition) is 2. The van der Waals surface area contributed by atoms with Crippen LogP contribution < -0.4 is 10.6 Å². The van der Waals surface area contributed by atoms with E-state index in [1.165, 1.54) is 6.07 Å². The summed E-state index contributed by atoms with van der Waals surface area (Å²) in [4.78, 5) is 4.47. The van der Waals surface area contributed by atoms with E-state index in [2.05, 4.69) is 25.8 Å². The number of nitrogens with one attached hydrogen (secondary N) is 2. The Hall–Kier alpha value is -2.62. The van der Waals surface area contributed by atoms with Gasteiger partial charge in [-0.3, -0.25) is 0 Å². The van der Waals surface area contributed by atoms with Crippen LogP contribution in [0, 0.1) is 0 Å². The van der Waals surface area contributed by atoms with E-state index in [1.54, 1.807) is 12.4 Å². The summed E-state index contributed by atoms with van der Waals surface area (Å²) in [5.41, 5.74) is -0.174. The molecular weight excluding hydrogens is 397 g/mol. The highest BCUT2D eigenvalue weighted by Crippen LogP contribution is 2.29. The maximum Gasteiger partial charge on any atom is 0.416 e. The Balaban J connectivity index is 1.62. The standard InChI is InChI=1S/C20H27F3N6O/c1-2-18-28-27-14-29(18)9-8-24-19(26-13-17-7-4-10-30-17)25-12-15-5-3-6-16(11-15)20(21,22)23/h3,5-6,11,14,17H,2,4,7-10,12-13H2,1H3,(H2,24,25,26). The predicted octanol–water partition coefficient (Wildman–Crippen LogP) is 2.77. The lowest BCUT2D eigenvalue weighted by Crippen LogP contribution is -2.42. The fourth-order valence-electron chi connectivity index (χ4n) is 3.24. The number of halogens is 3. The van der Waals surface area contributed by atoms with Gasteiger partial charge in [-0.25, -0.2) is 4.99 Å². The van der Waals surface area contributed by atoms with Crippen LogP contribution in [0.25, 0.3) is 0 Å². The maximum absolute atomic E-state index is 12.9. The van der Waals surface area contributed by atoms with Gasteiger partial charge in [0.25, 0.3) is 0 Å². The lowest BCUT2D eigenvalue weighted by Gasteiger charge is -2.16. The molecule has 0 aliphatic carbocycles. The largest absolute Gasteiger partial charge is 0.416 e. The van der Waals surface area contributed by atoms with E-state index in [9.17, 15) is 13.2 Å². The molecule has 1 aliphatic heterocycles. The van der Waals surface area contributed by atoms with Crippen LogP contribution in [0.4, 0.5) is 13.2 Å². The molecule has 7 nitrogen and oxygen atoms in total. The molecule has 1 fully saturated rings. The zero-order valence-corrected chi connectivity index (χ0v) is 17.0. The monoisotopic (exact) mass is 424 g/mol. The van der Waals surface area contributed by atoms with E-state index in [1.807, 2.05) is 11.5 Å². The van der Waals surface area contributed by atoms with Gasteiger partial charge in [-0.15, -0.1) is 10.2 Å². The number of aromatic nitrogens is 3. The van der Waals surface area contributed by atoms with Crippen LogP contribution in [0.5, 0.6) is 0 Å². The molecule has 2 N–H and O–H groups in total. The predicted molar refractivity (Wildman–Crippen MR) is 107 cm³/mol. The van der Waals surface area contributed by atoms with Crippen molar-refractivity contribution in [3.8, 4) is 0 Å². The number of alkyl halides is 3. The van der Waals surface area contributed by atoms with Gasteiger partial charge in [0.2, 0.25) is 0 Å². The lowest BCUT2D eigenvalue weighted by molar-refractivity contribution is -0.137. The smallest absolute Gasteiger partial charge is 0.376 e. The minimum absolute atomic E-state index is 0.120. The van der Waals surface area contributed by atoms with Gasteiger partial charge in [0.15, 0.2) is 5.96 Å². The fourth-order valence-corrected chi connectivity index (χ4v) is 3.24. The van der Waals surface area contributed by atoms with E-state index >= 15 is 0 Å². The fraction of sp³-hybridized carbons (Fsp3) is 0.550. The quantitative estimate of drug-likeness (QED) is 0.504. The van der Waals surface area contributed by atoms with Crippen molar-refractivity contribution in [1.29, 1.82) is 0 Å². The Morgan fingerprint density at radius 1 is 1.33 bits per heavy atom. The van der Waals surface area contributed by atoms with Crippen LogP contribution in [0.2, 0.25) is 0 Å². The van der Waals surface area contributed by atoms with Gasteiger partial charge in [-0.05, 0) is 30.5 Å². The second-order valence-electron chi connectivity index (χ2n) is 7.10. The number of hydrogen-bond acceptors (Lipinski definition) is 4. The molecule has 1 aromatic heterocycles. The third-order valence-corrected chi connectivity index (χ3v) is 4.85. The first kappa shape index (κ1) is 22.1. The molecule has 0 bridgehead atoms. The molecule has 3 rings (SSSR count). The molecule has 1 aromatic carbocycles. The first-order valence-electron chi connectivity index (χ1n) is 10.1. The van der Waals surface area contributed by atoms with E-state index < -0.39 is 11.7 Å². The highest BCUT2D eigenvalue weighted by molar-refractivity contribution is 5.79. The third kappa shape index (κ3) is 6.45. The summed E-state index contributed by atoms with van der Waals surface area (Å²) in [6, 6.07) is 5.23. The van der Waals surface area contributed by atoms with Crippen molar-refractivity contribution in [2.45, 2.75) is 51.6 Å². The summed E-state index contributed by atoms with van der Waals surface area (Å²) in [5.74, 6) is 1.43. The summed E-state index contributed by atoms with van der Waals surface area (Å²) in [6.45, 7) is 4.73. The van der Waals surface area contributed by atoms with Crippen molar-refractivity contribution in [3.05, 3.63) is 47.5 Å². The Morgan fingerprint density at radius 2 is 2.20 bits per heavy atom. The Morgan fingerprint density at radius 3 is 2.93 bits per heavy atom. The molecule has 1 saturated heterocycles. The summed E-state index contributed by atoms with van der Waals surface area (Å²) >= 11 is 0. The third-order valence-electron chi connectivity index (χ3n) is 4.85. The second kappa shape index (κ2) is 10.4. The summed E-state index contributed by atoms with van der Waals surface area (Å²) < 4.78 is 46.4. The van der Waals surface area contributed by atoms with E-state index in [4.69, 9.17) is 4.74 Å². The minimum atomic E-state index is -4.37. The van der Waals surface area contributed by atoms with Gasteiger partial charge < -0.3 is 19.9 Å². The average molecular weight is 424 g/mol. The van der Waals surface area contributed by atoms with Crippen molar-refractivity contribution < 1.29 is 17.9 Å². The molecule has 0 radical (unpaired) electrons. The van der Waals surface area contributed by atoms with Crippen LogP contribution in [0.3, 0.4) is 0 Å². The van der Waals surface area contributed by atoms with Crippen LogP contribution in [-0.2, 0) is 30.4 Å². The molecule has 0 saturated carbocycles. The molecule has 2 aromatic rings. The SMILES string of the molecule is CCc1nncn1CCNC(=NCc1cccc(C(F)(F)F)c1)NCC1CCCO1. The highest BCUT2D eigenvalue weighted by atomic mass is 19.4. The van der Waals surface area contributed by atoms with Gasteiger partial charge >= 0.3 is 6.18 Å². The zero-order valence-electron chi connectivity index (χ0n) is 17.0. The first-order chi connectivity index (χ1) is 14.5. The number of rotatable bonds is 8. The number of aliphatic imine (C=N–C) groups is 1. The first-order valence-corrected chi connectivity index (χ1v) is 10.1. The van der Waals surface area contributed by atoms with Crippen molar-refractivity contribution in [1.82, 2.24) is 25.4 Å². The molecule has 2 heterocycles. The number of ether oxygens (including phenoxy) is 1. The lowest BCUT2D eigenvalue weighted by atomic mass is 10.1. The van der Waals surface area contributed by atoms with Crippen molar-refractivity contribution in [2.24, 2.45) is 4.99 Å².